The van der Waals surface area contributed by atoms with Crippen molar-refractivity contribution < 1.29 is 14.3 Å². The summed E-state index contributed by atoms with van der Waals surface area (Å²) in [6.45, 7) is 11.7. The highest BCUT2D eigenvalue weighted by Gasteiger charge is 2.31. The summed E-state index contributed by atoms with van der Waals surface area (Å²) in [5.41, 5.74) is 0.824. The van der Waals surface area contributed by atoms with Crippen molar-refractivity contribution in [1.82, 2.24) is 15.6 Å². The van der Waals surface area contributed by atoms with Gasteiger partial charge in [-0.25, -0.2) is 4.79 Å². The summed E-state index contributed by atoms with van der Waals surface area (Å²) < 4.78 is 5.28. The Morgan fingerprint density at radius 3 is 2.44 bits per heavy atom. The number of aromatic nitrogens is 1. The maximum atomic E-state index is 12.7. The molecule has 1 heterocycles. The van der Waals surface area contributed by atoms with Crippen LogP contribution in [0.2, 0.25) is 0 Å². The maximum absolute atomic E-state index is 12.7. The van der Waals surface area contributed by atoms with Crippen LogP contribution in [0.4, 0.5) is 4.79 Å². The van der Waals surface area contributed by atoms with E-state index < -0.39 is 17.2 Å². The SMILES string of the molecule is CC(C)C(C)(CNC(=O)OC(C)(C)C)NC(=O)Cc1c[nH]c2ccccc12. The van der Waals surface area contributed by atoms with Crippen molar-refractivity contribution in [1.29, 1.82) is 0 Å². The van der Waals surface area contributed by atoms with Crippen molar-refractivity contribution in [3.05, 3.63) is 36.0 Å². The summed E-state index contributed by atoms with van der Waals surface area (Å²) in [5.74, 6) is 0.0429. The zero-order valence-electron chi connectivity index (χ0n) is 17.1. The molecule has 6 nitrogen and oxygen atoms in total. The first-order valence-corrected chi connectivity index (χ1v) is 9.33. The largest absolute Gasteiger partial charge is 0.444 e. The fourth-order valence-electron chi connectivity index (χ4n) is 2.78. The maximum Gasteiger partial charge on any atom is 0.407 e. The molecule has 3 N–H and O–H groups in total. The molecule has 0 aliphatic carbocycles. The molecule has 0 bridgehead atoms. The third kappa shape index (κ3) is 5.74. The fourth-order valence-corrected chi connectivity index (χ4v) is 2.78. The number of carbonyl (C=O) groups excluding carboxylic acids is 2. The molecule has 0 fully saturated rings. The molecular formula is C21H31N3O3. The van der Waals surface area contributed by atoms with E-state index in [0.29, 0.717) is 6.54 Å². The summed E-state index contributed by atoms with van der Waals surface area (Å²) in [4.78, 5) is 27.8. The summed E-state index contributed by atoms with van der Waals surface area (Å²) in [6, 6.07) is 7.90. The topological polar surface area (TPSA) is 83.2 Å². The van der Waals surface area contributed by atoms with E-state index in [9.17, 15) is 9.59 Å². The van der Waals surface area contributed by atoms with E-state index in [-0.39, 0.29) is 18.2 Å². The number of amides is 2. The zero-order chi connectivity index (χ0) is 20.2. The quantitative estimate of drug-likeness (QED) is 0.721. The van der Waals surface area contributed by atoms with Gasteiger partial charge in [0, 0.05) is 23.6 Å². The third-order valence-corrected chi connectivity index (χ3v) is 4.72. The van der Waals surface area contributed by atoms with Crippen molar-refractivity contribution in [2.24, 2.45) is 5.92 Å². The van der Waals surface area contributed by atoms with Crippen LogP contribution < -0.4 is 10.6 Å². The Hall–Kier alpha value is -2.50. The number of rotatable bonds is 6. The van der Waals surface area contributed by atoms with E-state index in [2.05, 4.69) is 15.6 Å². The lowest BCUT2D eigenvalue weighted by atomic mass is 9.88. The number of fused-ring (bicyclic) bond motifs is 1. The van der Waals surface area contributed by atoms with Crippen LogP contribution in [-0.4, -0.2) is 34.7 Å². The summed E-state index contributed by atoms with van der Waals surface area (Å²) in [6.07, 6.45) is 1.66. The van der Waals surface area contributed by atoms with E-state index in [0.717, 1.165) is 16.5 Å². The van der Waals surface area contributed by atoms with E-state index >= 15 is 0 Å². The number of aromatic amines is 1. The number of benzene rings is 1. The molecule has 27 heavy (non-hydrogen) atoms. The van der Waals surface area contributed by atoms with Crippen molar-refractivity contribution in [2.75, 3.05) is 6.54 Å². The Kier molecular flexibility index (Phi) is 6.19. The van der Waals surface area contributed by atoms with Gasteiger partial charge < -0.3 is 20.4 Å². The monoisotopic (exact) mass is 373 g/mol. The van der Waals surface area contributed by atoms with Crippen LogP contribution in [0.5, 0.6) is 0 Å². The number of para-hydroxylation sites is 1. The number of carbonyl (C=O) groups is 2. The average molecular weight is 373 g/mol. The molecule has 0 spiro atoms. The van der Waals surface area contributed by atoms with Gasteiger partial charge in [-0.1, -0.05) is 32.0 Å². The van der Waals surface area contributed by atoms with E-state index in [1.54, 1.807) is 0 Å². The Bertz CT molecular complexity index is 804. The Balaban J connectivity index is 2.01. The van der Waals surface area contributed by atoms with E-state index in [4.69, 9.17) is 4.74 Å². The molecule has 0 radical (unpaired) electrons. The second kappa shape index (κ2) is 8.03. The first-order valence-electron chi connectivity index (χ1n) is 9.33. The molecule has 0 aliphatic heterocycles. The van der Waals surface area contributed by atoms with Crippen molar-refractivity contribution in [2.45, 2.75) is 59.1 Å². The van der Waals surface area contributed by atoms with Crippen LogP contribution in [0, 0.1) is 5.92 Å². The first kappa shape index (κ1) is 20.8. The molecule has 0 aliphatic rings. The van der Waals surface area contributed by atoms with Crippen LogP contribution >= 0.6 is 0 Å². The summed E-state index contributed by atoms with van der Waals surface area (Å²) in [7, 11) is 0. The molecule has 1 aromatic carbocycles. The number of H-pyrrole nitrogens is 1. The van der Waals surface area contributed by atoms with Crippen molar-refractivity contribution in [3.63, 3.8) is 0 Å². The molecular weight excluding hydrogens is 342 g/mol. The van der Waals surface area contributed by atoms with Gasteiger partial charge in [0.15, 0.2) is 0 Å². The first-order chi connectivity index (χ1) is 12.5. The van der Waals surface area contributed by atoms with Gasteiger partial charge in [0.1, 0.15) is 5.60 Å². The lowest BCUT2D eigenvalue weighted by Gasteiger charge is -2.35. The van der Waals surface area contributed by atoms with Crippen LogP contribution in [-0.2, 0) is 16.0 Å². The highest BCUT2D eigenvalue weighted by atomic mass is 16.6. The Morgan fingerprint density at radius 2 is 1.81 bits per heavy atom. The molecule has 2 aromatic rings. The summed E-state index contributed by atoms with van der Waals surface area (Å²) in [5, 5.41) is 6.91. The number of hydrogen-bond acceptors (Lipinski definition) is 3. The number of hydrogen-bond donors (Lipinski definition) is 3. The predicted octanol–water partition coefficient (Wildman–Crippen LogP) is 3.77. The molecule has 0 saturated heterocycles. The summed E-state index contributed by atoms with van der Waals surface area (Å²) >= 11 is 0. The smallest absolute Gasteiger partial charge is 0.407 e. The highest BCUT2D eigenvalue weighted by Crippen LogP contribution is 2.20. The fraction of sp³-hybridized carbons (Fsp3) is 0.524. The van der Waals surface area contributed by atoms with Gasteiger partial charge in [0.2, 0.25) is 5.91 Å². The van der Waals surface area contributed by atoms with Gasteiger partial charge >= 0.3 is 6.09 Å². The minimum Gasteiger partial charge on any atom is -0.444 e. The predicted molar refractivity (Wildman–Crippen MR) is 108 cm³/mol. The Labute approximate surface area is 161 Å². The minimum atomic E-state index is -0.583. The van der Waals surface area contributed by atoms with E-state index in [1.165, 1.54) is 0 Å². The number of ether oxygens (including phenoxy) is 1. The molecule has 2 amide bonds. The van der Waals surface area contributed by atoms with E-state index in [1.807, 2.05) is 72.0 Å². The molecule has 1 atom stereocenters. The number of alkyl carbamates (subject to hydrolysis) is 1. The van der Waals surface area contributed by atoms with Crippen molar-refractivity contribution in [3.8, 4) is 0 Å². The molecule has 1 unspecified atom stereocenters. The second-order valence-corrected chi connectivity index (χ2v) is 8.51. The average Bonchev–Trinajstić information content (AvgIpc) is 2.94. The lowest BCUT2D eigenvalue weighted by Crippen LogP contribution is -2.57. The molecule has 6 heteroatoms. The van der Waals surface area contributed by atoms with Gasteiger partial charge in [-0.2, -0.15) is 0 Å². The highest BCUT2D eigenvalue weighted by molar-refractivity contribution is 5.89. The minimum absolute atomic E-state index is 0.0815. The van der Waals surface area contributed by atoms with Gasteiger partial charge in [-0.15, -0.1) is 0 Å². The molecule has 2 rings (SSSR count). The second-order valence-electron chi connectivity index (χ2n) is 8.51. The normalized spacial score (nSPS) is 14.0. The Morgan fingerprint density at radius 1 is 1.15 bits per heavy atom. The molecule has 148 valence electrons. The van der Waals surface area contributed by atoms with Gasteiger partial charge in [0.25, 0.3) is 0 Å². The van der Waals surface area contributed by atoms with Gasteiger partial charge in [-0.05, 0) is 45.2 Å². The van der Waals surface area contributed by atoms with Crippen LogP contribution in [0.25, 0.3) is 10.9 Å². The molecule has 1 aromatic heterocycles. The van der Waals surface area contributed by atoms with Gasteiger partial charge in [0.05, 0.1) is 12.0 Å². The van der Waals surface area contributed by atoms with Crippen LogP contribution in [0.3, 0.4) is 0 Å². The third-order valence-electron chi connectivity index (χ3n) is 4.72. The van der Waals surface area contributed by atoms with Crippen molar-refractivity contribution >= 4 is 22.9 Å². The number of nitrogens with one attached hydrogen (secondary N) is 3. The van der Waals surface area contributed by atoms with Crippen LogP contribution in [0.15, 0.2) is 30.5 Å². The zero-order valence-corrected chi connectivity index (χ0v) is 17.1. The molecule has 0 saturated carbocycles. The standard InChI is InChI=1S/C21H31N3O3/c1-14(2)21(6,13-23-19(26)27-20(3,4)5)24-18(25)11-15-12-22-17-10-8-7-9-16(15)17/h7-10,12,14,22H,11,13H2,1-6H3,(H,23,26)(H,24,25). The lowest BCUT2D eigenvalue weighted by molar-refractivity contribution is -0.122. The van der Waals surface area contributed by atoms with Crippen LogP contribution in [0.1, 0.15) is 47.1 Å². The van der Waals surface area contributed by atoms with Gasteiger partial charge in [-0.3, -0.25) is 4.79 Å².